The van der Waals surface area contributed by atoms with E-state index in [2.05, 4.69) is 24.0 Å². The van der Waals surface area contributed by atoms with Crippen molar-refractivity contribution < 1.29 is 4.74 Å². The lowest BCUT2D eigenvalue weighted by molar-refractivity contribution is 0.416. The summed E-state index contributed by atoms with van der Waals surface area (Å²) in [6.45, 7) is 8.00. The summed E-state index contributed by atoms with van der Waals surface area (Å²) < 4.78 is 5.33. The van der Waals surface area contributed by atoms with Crippen LogP contribution in [-0.4, -0.2) is 14.2 Å². The Labute approximate surface area is 97.6 Å². The molecule has 0 aliphatic rings. The van der Waals surface area contributed by atoms with Gasteiger partial charge in [0.2, 0.25) is 0 Å². The second-order valence-corrected chi connectivity index (χ2v) is 3.67. The zero-order valence-corrected chi connectivity index (χ0v) is 10.4. The zero-order chi connectivity index (χ0) is 12.1. The molecule has 1 aromatic rings. The van der Waals surface area contributed by atoms with Crippen LogP contribution in [0.25, 0.3) is 11.6 Å². The van der Waals surface area contributed by atoms with Gasteiger partial charge in [-0.2, -0.15) is 0 Å². The van der Waals surface area contributed by atoms with E-state index in [1.54, 1.807) is 7.11 Å². The average molecular weight is 217 g/mol. The number of methoxy groups -OCH3 is 1. The summed E-state index contributed by atoms with van der Waals surface area (Å²) >= 11 is 0. The Bertz CT molecular complexity index is 419. The van der Waals surface area contributed by atoms with Gasteiger partial charge in [0.05, 0.1) is 12.8 Å². The molecule has 0 saturated carbocycles. The van der Waals surface area contributed by atoms with E-state index in [4.69, 9.17) is 4.74 Å². The monoisotopic (exact) mass is 217 g/mol. The smallest absolute Gasteiger partial charge is 0.142 e. The molecule has 0 bridgehead atoms. The fourth-order valence-electron chi connectivity index (χ4n) is 1.65. The molecule has 0 spiro atoms. The minimum absolute atomic E-state index is 0.841. The van der Waals surface area contributed by atoms with Gasteiger partial charge in [-0.15, -0.1) is 0 Å². The molecule has 0 aliphatic heterocycles. The number of anilines is 1. The molecule has 0 amide bonds. The highest BCUT2D eigenvalue weighted by Gasteiger charge is 2.08. The summed E-state index contributed by atoms with van der Waals surface area (Å²) in [6, 6.07) is 4.09. The molecular formula is C14H19NO. The summed E-state index contributed by atoms with van der Waals surface area (Å²) in [7, 11) is 3.56. The fourth-order valence-corrected chi connectivity index (χ4v) is 1.65. The third-order valence-electron chi connectivity index (χ3n) is 2.45. The molecule has 0 heterocycles. The molecule has 16 heavy (non-hydrogen) atoms. The molecule has 0 unspecified atom stereocenters. The first-order valence-corrected chi connectivity index (χ1v) is 5.32. The van der Waals surface area contributed by atoms with E-state index in [1.807, 2.05) is 33.0 Å². The first-order chi connectivity index (χ1) is 7.63. The van der Waals surface area contributed by atoms with Crippen molar-refractivity contribution in [2.24, 2.45) is 0 Å². The number of hydrogen-bond donors (Lipinski definition) is 1. The summed E-state index contributed by atoms with van der Waals surface area (Å²) in [5.74, 6) is 0.841. The molecule has 1 aromatic carbocycles. The van der Waals surface area contributed by atoms with Gasteiger partial charge in [-0.1, -0.05) is 24.3 Å². The highest BCUT2D eigenvalue weighted by atomic mass is 16.5. The number of ether oxygens (including phenoxy) is 1. The van der Waals surface area contributed by atoms with Gasteiger partial charge in [0.15, 0.2) is 0 Å². The maximum atomic E-state index is 5.33. The van der Waals surface area contributed by atoms with Crippen LogP contribution in [-0.2, 0) is 0 Å². The number of allylic oxidation sites excluding steroid dienone is 2. The summed E-state index contributed by atoms with van der Waals surface area (Å²) in [4.78, 5) is 0. The van der Waals surface area contributed by atoms with E-state index in [0.717, 1.165) is 28.1 Å². The van der Waals surface area contributed by atoms with Crippen molar-refractivity contribution in [3.05, 3.63) is 35.9 Å². The Balaban J connectivity index is 3.41. The van der Waals surface area contributed by atoms with E-state index in [9.17, 15) is 0 Å². The Morgan fingerprint density at radius 3 is 2.56 bits per heavy atom. The van der Waals surface area contributed by atoms with Gasteiger partial charge in [0.1, 0.15) is 5.75 Å². The standard InChI is InChI=1S/C14H19NO/c1-6-7-11-8-13(15-4)14(16-5)9-12(11)10(2)3/h6-9,15H,2H2,1,3-5H3/b7-6-. The first kappa shape index (κ1) is 12.4. The van der Waals surface area contributed by atoms with Crippen LogP contribution in [0, 0.1) is 0 Å². The van der Waals surface area contributed by atoms with Gasteiger partial charge in [0.25, 0.3) is 0 Å². The van der Waals surface area contributed by atoms with Crippen LogP contribution >= 0.6 is 0 Å². The van der Waals surface area contributed by atoms with Crippen LogP contribution in [0.2, 0.25) is 0 Å². The number of rotatable bonds is 4. The molecular weight excluding hydrogens is 198 g/mol. The average Bonchev–Trinajstić information content (AvgIpc) is 2.28. The van der Waals surface area contributed by atoms with Crippen LogP contribution in [0.5, 0.6) is 5.75 Å². The topological polar surface area (TPSA) is 21.3 Å². The lowest BCUT2D eigenvalue weighted by Gasteiger charge is -2.13. The number of hydrogen-bond acceptors (Lipinski definition) is 2. The summed E-state index contributed by atoms with van der Waals surface area (Å²) in [6.07, 6.45) is 4.10. The molecule has 0 atom stereocenters. The SMILES string of the molecule is C=C(C)c1cc(OC)c(NC)cc1/C=C\C. The minimum Gasteiger partial charge on any atom is -0.495 e. The molecule has 2 heteroatoms. The maximum absolute atomic E-state index is 5.33. The van der Waals surface area contributed by atoms with Gasteiger partial charge in [-0.25, -0.2) is 0 Å². The Kier molecular flexibility index (Phi) is 4.18. The predicted octanol–water partition coefficient (Wildman–Crippen LogP) is 3.80. The number of nitrogens with one attached hydrogen (secondary N) is 1. The van der Waals surface area contributed by atoms with E-state index < -0.39 is 0 Å². The highest BCUT2D eigenvalue weighted by Crippen LogP contribution is 2.31. The van der Waals surface area contributed by atoms with Gasteiger partial charge in [0, 0.05) is 7.05 Å². The molecule has 0 aromatic heterocycles. The molecule has 0 saturated heterocycles. The van der Waals surface area contributed by atoms with Crippen LogP contribution in [0.15, 0.2) is 24.8 Å². The maximum Gasteiger partial charge on any atom is 0.142 e. The Morgan fingerprint density at radius 1 is 1.44 bits per heavy atom. The Morgan fingerprint density at radius 2 is 2.12 bits per heavy atom. The van der Waals surface area contributed by atoms with Crippen molar-refractivity contribution in [1.82, 2.24) is 0 Å². The van der Waals surface area contributed by atoms with Gasteiger partial charge < -0.3 is 10.1 Å². The number of benzene rings is 1. The van der Waals surface area contributed by atoms with E-state index in [-0.39, 0.29) is 0 Å². The quantitative estimate of drug-likeness (QED) is 0.828. The second-order valence-electron chi connectivity index (χ2n) is 3.67. The second kappa shape index (κ2) is 5.40. The van der Waals surface area contributed by atoms with Crippen LogP contribution in [0.3, 0.4) is 0 Å². The van der Waals surface area contributed by atoms with Crippen molar-refractivity contribution >= 4 is 17.3 Å². The zero-order valence-electron chi connectivity index (χ0n) is 10.4. The molecule has 86 valence electrons. The molecule has 0 aliphatic carbocycles. The summed E-state index contributed by atoms with van der Waals surface area (Å²) in [5, 5.41) is 3.12. The highest BCUT2D eigenvalue weighted by molar-refractivity contribution is 5.77. The van der Waals surface area contributed by atoms with E-state index in [0.29, 0.717) is 0 Å². The van der Waals surface area contributed by atoms with Gasteiger partial charge >= 0.3 is 0 Å². The van der Waals surface area contributed by atoms with Crippen molar-refractivity contribution in [3.8, 4) is 5.75 Å². The lowest BCUT2D eigenvalue weighted by Crippen LogP contribution is -1.97. The summed E-state index contributed by atoms with van der Waals surface area (Å²) in [5.41, 5.74) is 4.30. The van der Waals surface area contributed by atoms with Crippen molar-refractivity contribution in [1.29, 1.82) is 0 Å². The normalized spacial score (nSPS) is 10.5. The third-order valence-corrected chi connectivity index (χ3v) is 2.45. The minimum atomic E-state index is 0.841. The molecule has 1 rings (SSSR count). The van der Waals surface area contributed by atoms with Crippen molar-refractivity contribution in [2.75, 3.05) is 19.5 Å². The molecule has 1 N–H and O–H groups in total. The van der Waals surface area contributed by atoms with Gasteiger partial charge in [-0.05, 0) is 37.1 Å². The van der Waals surface area contributed by atoms with Gasteiger partial charge in [-0.3, -0.25) is 0 Å². The van der Waals surface area contributed by atoms with Crippen LogP contribution in [0.1, 0.15) is 25.0 Å². The Hall–Kier alpha value is -1.70. The molecule has 2 nitrogen and oxygen atoms in total. The van der Waals surface area contributed by atoms with E-state index >= 15 is 0 Å². The first-order valence-electron chi connectivity index (χ1n) is 5.32. The lowest BCUT2D eigenvalue weighted by atomic mass is 10.00. The van der Waals surface area contributed by atoms with E-state index in [1.165, 1.54) is 0 Å². The van der Waals surface area contributed by atoms with Crippen LogP contribution < -0.4 is 10.1 Å². The van der Waals surface area contributed by atoms with Crippen molar-refractivity contribution in [2.45, 2.75) is 13.8 Å². The molecule has 0 radical (unpaired) electrons. The molecule has 0 fully saturated rings. The largest absolute Gasteiger partial charge is 0.495 e. The third kappa shape index (κ3) is 2.45. The predicted molar refractivity (Wildman–Crippen MR) is 72.0 cm³/mol. The van der Waals surface area contributed by atoms with Crippen LogP contribution in [0.4, 0.5) is 5.69 Å². The fraction of sp³-hybridized carbons (Fsp3) is 0.286. The van der Waals surface area contributed by atoms with Crippen molar-refractivity contribution in [3.63, 3.8) is 0 Å².